The first-order valence-corrected chi connectivity index (χ1v) is 8.17. The van der Waals surface area contributed by atoms with Gasteiger partial charge in [0.1, 0.15) is 11.3 Å². The molecule has 0 spiro atoms. The van der Waals surface area contributed by atoms with Crippen molar-refractivity contribution in [1.82, 2.24) is 10.2 Å². The van der Waals surface area contributed by atoms with Crippen LogP contribution >= 0.6 is 0 Å². The van der Waals surface area contributed by atoms with Crippen LogP contribution in [0.3, 0.4) is 0 Å². The maximum atomic E-state index is 12.5. The van der Waals surface area contributed by atoms with Gasteiger partial charge < -0.3 is 20.3 Å². The molecule has 1 heterocycles. The average Bonchev–Trinajstić information content (AvgIpc) is 3.01. The third kappa shape index (κ3) is 3.52. The van der Waals surface area contributed by atoms with E-state index in [1.165, 1.54) is 13.2 Å². The maximum absolute atomic E-state index is 12.5. The molecule has 0 bridgehead atoms. The second kappa shape index (κ2) is 7.55. The highest BCUT2D eigenvalue weighted by Crippen LogP contribution is 2.39. The van der Waals surface area contributed by atoms with Gasteiger partial charge in [0, 0.05) is 12.6 Å². The minimum absolute atomic E-state index is 0.00500. The summed E-state index contributed by atoms with van der Waals surface area (Å²) in [6.07, 6.45) is 2.70. The van der Waals surface area contributed by atoms with Crippen molar-refractivity contribution in [3.8, 4) is 17.2 Å². The smallest absolute Gasteiger partial charge is 0.259 e. The van der Waals surface area contributed by atoms with E-state index in [-0.39, 0.29) is 22.8 Å². The van der Waals surface area contributed by atoms with Gasteiger partial charge in [-0.3, -0.25) is 9.69 Å². The van der Waals surface area contributed by atoms with Crippen LogP contribution in [-0.4, -0.2) is 53.8 Å². The van der Waals surface area contributed by atoms with E-state index in [2.05, 4.69) is 17.1 Å². The third-order valence-corrected chi connectivity index (χ3v) is 4.53. The van der Waals surface area contributed by atoms with Gasteiger partial charge in [-0.1, -0.05) is 13.8 Å². The van der Waals surface area contributed by atoms with Crippen LogP contribution in [0.25, 0.3) is 0 Å². The minimum atomic E-state index is -0.423. The molecule has 2 rings (SSSR count). The normalized spacial score (nSPS) is 18.1. The van der Waals surface area contributed by atoms with Crippen molar-refractivity contribution in [3.05, 3.63) is 17.2 Å². The number of likely N-dealkylation sites (N-methyl/N-ethyl adjacent to an activating group) is 1. The number of methoxy groups -OCH3 is 1. The molecule has 0 radical (unpaired) electrons. The third-order valence-electron chi connectivity index (χ3n) is 4.53. The van der Waals surface area contributed by atoms with Crippen LogP contribution in [0.2, 0.25) is 0 Å². The molecule has 0 aliphatic carbocycles. The van der Waals surface area contributed by atoms with Crippen molar-refractivity contribution in [2.45, 2.75) is 39.2 Å². The van der Waals surface area contributed by atoms with E-state index >= 15 is 0 Å². The molecule has 23 heavy (non-hydrogen) atoms. The second-order valence-corrected chi connectivity index (χ2v) is 5.80. The molecular weight excluding hydrogens is 296 g/mol. The maximum Gasteiger partial charge on any atom is 0.259 e. The molecule has 1 fully saturated rings. The van der Waals surface area contributed by atoms with Gasteiger partial charge in [0.25, 0.3) is 5.91 Å². The standard InChI is InChI=1S/C17H26N2O4/c1-4-11-9-13(20)16(23-3)14(15(11)21)17(22)18-10-12-7-6-8-19(12)5-2/h9,12,20-21H,4-8,10H2,1-3H3,(H,18,22)/t12-/m0/s1. The van der Waals surface area contributed by atoms with Crippen molar-refractivity contribution >= 4 is 5.91 Å². The zero-order valence-corrected chi connectivity index (χ0v) is 14.1. The molecule has 0 aromatic heterocycles. The molecule has 1 aromatic carbocycles. The fraction of sp³-hybridized carbons (Fsp3) is 0.588. The Hall–Kier alpha value is -1.95. The van der Waals surface area contributed by atoms with Crippen LogP contribution in [0.4, 0.5) is 0 Å². The fourth-order valence-corrected chi connectivity index (χ4v) is 3.22. The average molecular weight is 322 g/mol. The SMILES string of the molecule is CCc1cc(O)c(OC)c(C(=O)NC[C@@H]2CCCN2CC)c1O. The number of nitrogens with zero attached hydrogens (tertiary/aromatic N) is 1. The van der Waals surface area contributed by atoms with E-state index < -0.39 is 5.91 Å². The van der Waals surface area contributed by atoms with Crippen molar-refractivity contribution in [2.75, 3.05) is 26.7 Å². The lowest BCUT2D eigenvalue weighted by molar-refractivity contribution is 0.0934. The van der Waals surface area contributed by atoms with Crippen molar-refractivity contribution in [3.63, 3.8) is 0 Å². The Bertz CT molecular complexity index is 574. The monoisotopic (exact) mass is 322 g/mol. The molecule has 1 atom stereocenters. The topological polar surface area (TPSA) is 82.0 Å². The largest absolute Gasteiger partial charge is 0.507 e. The Kier molecular flexibility index (Phi) is 5.71. The van der Waals surface area contributed by atoms with Crippen molar-refractivity contribution in [1.29, 1.82) is 0 Å². The summed E-state index contributed by atoms with van der Waals surface area (Å²) in [6, 6.07) is 1.75. The van der Waals surface area contributed by atoms with E-state index in [1.807, 2.05) is 6.92 Å². The summed E-state index contributed by atoms with van der Waals surface area (Å²) in [5.41, 5.74) is 0.523. The number of nitrogens with one attached hydrogen (secondary N) is 1. The van der Waals surface area contributed by atoms with Crippen molar-refractivity contribution < 1.29 is 19.7 Å². The number of aromatic hydroxyl groups is 2. The van der Waals surface area contributed by atoms with Gasteiger partial charge in [0.05, 0.1) is 7.11 Å². The molecular formula is C17H26N2O4. The van der Waals surface area contributed by atoms with E-state index in [0.717, 1.165) is 25.9 Å². The first-order chi connectivity index (χ1) is 11.0. The van der Waals surface area contributed by atoms with Crippen LogP contribution in [0, 0.1) is 0 Å². The number of phenols is 2. The quantitative estimate of drug-likeness (QED) is 0.697. The first kappa shape index (κ1) is 17.4. The second-order valence-electron chi connectivity index (χ2n) is 5.80. The summed E-state index contributed by atoms with van der Waals surface area (Å²) in [7, 11) is 1.37. The van der Waals surface area contributed by atoms with E-state index in [4.69, 9.17) is 4.74 Å². The summed E-state index contributed by atoms with van der Waals surface area (Å²) in [5.74, 6) is -0.675. The van der Waals surface area contributed by atoms with Gasteiger partial charge >= 0.3 is 0 Å². The van der Waals surface area contributed by atoms with Gasteiger partial charge in [-0.2, -0.15) is 0 Å². The van der Waals surface area contributed by atoms with E-state index in [1.54, 1.807) is 0 Å². The molecule has 1 aromatic rings. The predicted molar refractivity (Wildman–Crippen MR) is 88.3 cm³/mol. The fourth-order valence-electron chi connectivity index (χ4n) is 3.22. The Balaban J connectivity index is 2.19. The van der Waals surface area contributed by atoms with Crippen LogP contribution in [-0.2, 0) is 6.42 Å². The van der Waals surface area contributed by atoms with E-state index in [9.17, 15) is 15.0 Å². The summed E-state index contributed by atoms with van der Waals surface area (Å²) in [6.45, 7) is 6.49. The lowest BCUT2D eigenvalue weighted by Gasteiger charge is -2.23. The van der Waals surface area contributed by atoms with E-state index in [0.29, 0.717) is 24.6 Å². The zero-order valence-electron chi connectivity index (χ0n) is 14.1. The Morgan fingerprint density at radius 1 is 1.43 bits per heavy atom. The summed E-state index contributed by atoms with van der Waals surface area (Å²) >= 11 is 0. The first-order valence-electron chi connectivity index (χ1n) is 8.17. The highest BCUT2D eigenvalue weighted by Gasteiger charge is 2.27. The van der Waals surface area contributed by atoms with Crippen LogP contribution in [0.15, 0.2) is 6.07 Å². The molecule has 6 nitrogen and oxygen atoms in total. The predicted octanol–water partition coefficient (Wildman–Crippen LogP) is 1.88. The van der Waals surface area contributed by atoms with Gasteiger partial charge in [-0.05, 0) is 44.0 Å². The summed E-state index contributed by atoms with van der Waals surface area (Å²) in [4.78, 5) is 14.9. The Morgan fingerprint density at radius 3 is 2.78 bits per heavy atom. The Labute approximate surface area is 137 Å². The lowest BCUT2D eigenvalue weighted by Crippen LogP contribution is -2.40. The number of likely N-dealkylation sites (tertiary alicyclic amines) is 1. The number of hydrogen-bond donors (Lipinski definition) is 3. The van der Waals surface area contributed by atoms with Gasteiger partial charge in [0.15, 0.2) is 11.5 Å². The minimum Gasteiger partial charge on any atom is -0.507 e. The number of amides is 1. The summed E-state index contributed by atoms with van der Waals surface area (Å²) in [5, 5.41) is 23.2. The molecule has 1 aliphatic heterocycles. The van der Waals surface area contributed by atoms with Crippen LogP contribution < -0.4 is 10.1 Å². The number of ether oxygens (including phenoxy) is 1. The van der Waals surface area contributed by atoms with Crippen LogP contribution in [0.1, 0.15) is 42.6 Å². The number of benzene rings is 1. The molecule has 0 unspecified atom stereocenters. The van der Waals surface area contributed by atoms with Gasteiger partial charge in [-0.15, -0.1) is 0 Å². The number of rotatable bonds is 6. The van der Waals surface area contributed by atoms with Gasteiger partial charge in [-0.25, -0.2) is 0 Å². The number of carbonyl (C=O) groups excluding carboxylic acids is 1. The number of carbonyl (C=O) groups is 1. The van der Waals surface area contributed by atoms with Crippen LogP contribution in [0.5, 0.6) is 17.2 Å². The molecule has 1 aliphatic rings. The molecule has 1 amide bonds. The number of phenolic OH excluding ortho intramolecular Hbond substituents is 2. The number of aryl methyl sites for hydroxylation is 1. The highest BCUT2D eigenvalue weighted by atomic mass is 16.5. The summed E-state index contributed by atoms with van der Waals surface area (Å²) < 4.78 is 5.11. The zero-order chi connectivity index (χ0) is 17.0. The lowest BCUT2D eigenvalue weighted by atomic mass is 10.0. The molecule has 3 N–H and O–H groups in total. The molecule has 128 valence electrons. The molecule has 1 saturated heterocycles. The molecule has 0 saturated carbocycles. The van der Waals surface area contributed by atoms with Crippen molar-refractivity contribution in [2.24, 2.45) is 0 Å². The van der Waals surface area contributed by atoms with Gasteiger partial charge in [0.2, 0.25) is 0 Å². The number of hydrogen-bond acceptors (Lipinski definition) is 5. The highest BCUT2D eigenvalue weighted by molar-refractivity contribution is 6.01. The molecule has 6 heteroatoms. The Morgan fingerprint density at radius 2 is 2.17 bits per heavy atom.